The van der Waals surface area contributed by atoms with Gasteiger partial charge in [-0.15, -0.1) is 0 Å². The number of aromatic nitrogens is 1. The Morgan fingerprint density at radius 3 is 2.05 bits per heavy atom. The van der Waals surface area contributed by atoms with E-state index < -0.39 is 0 Å². The minimum Gasteiger partial charge on any atom is -0.497 e. The molecule has 6 heteroatoms. The quantitative estimate of drug-likeness (QED) is 0.206. The third-order valence-electron chi connectivity index (χ3n) is 6.91. The molecule has 0 unspecified atom stereocenters. The van der Waals surface area contributed by atoms with Gasteiger partial charge in [0.25, 0.3) is 0 Å². The van der Waals surface area contributed by atoms with Crippen LogP contribution in [0.2, 0.25) is 0 Å². The van der Waals surface area contributed by atoms with Crippen molar-refractivity contribution in [3.8, 4) is 17.2 Å². The Morgan fingerprint density at radius 2 is 1.37 bits per heavy atom. The van der Waals surface area contributed by atoms with Crippen molar-refractivity contribution in [2.24, 2.45) is 0 Å². The van der Waals surface area contributed by atoms with Gasteiger partial charge >= 0.3 is 0 Å². The first-order valence-electron chi connectivity index (χ1n) is 13.9. The largest absolute Gasteiger partial charge is 0.497 e. The molecule has 0 saturated carbocycles. The first-order chi connectivity index (χ1) is 18.7. The Kier molecular flexibility index (Phi) is 13.5. The molecule has 2 aromatic carbocycles. The van der Waals surface area contributed by atoms with Crippen LogP contribution in [0.3, 0.4) is 0 Å². The highest BCUT2D eigenvalue weighted by Gasteiger charge is 2.15. The van der Waals surface area contributed by atoms with Gasteiger partial charge in [0.2, 0.25) is 0 Å². The fourth-order valence-corrected chi connectivity index (χ4v) is 4.75. The van der Waals surface area contributed by atoms with Crippen molar-refractivity contribution in [3.63, 3.8) is 0 Å². The van der Waals surface area contributed by atoms with Crippen LogP contribution in [0.4, 0.5) is 0 Å². The van der Waals surface area contributed by atoms with Gasteiger partial charge in [-0.1, -0.05) is 31.0 Å². The van der Waals surface area contributed by atoms with Gasteiger partial charge in [-0.25, -0.2) is 0 Å². The van der Waals surface area contributed by atoms with Crippen molar-refractivity contribution < 1.29 is 14.2 Å². The van der Waals surface area contributed by atoms with Crippen LogP contribution in [0.25, 0.3) is 0 Å². The van der Waals surface area contributed by atoms with Gasteiger partial charge in [-0.3, -0.25) is 4.98 Å². The van der Waals surface area contributed by atoms with E-state index in [9.17, 15) is 0 Å². The molecule has 1 heterocycles. The predicted molar refractivity (Wildman–Crippen MR) is 156 cm³/mol. The number of ether oxygens (including phenoxy) is 3. The van der Waals surface area contributed by atoms with Gasteiger partial charge in [0.15, 0.2) is 11.5 Å². The van der Waals surface area contributed by atoms with Crippen LogP contribution in [-0.2, 0) is 25.7 Å². The smallest absolute Gasteiger partial charge is 0.164 e. The highest BCUT2D eigenvalue weighted by Crippen LogP contribution is 2.34. The van der Waals surface area contributed by atoms with E-state index in [2.05, 4.69) is 45.9 Å². The zero-order chi connectivity index (χ0) is 26.8. The molecule has 0 fully saturated rings. The molecule has 0 aliphatic rings. The Bertz CT molecular complexity index is 1060. The van der Waals surface area contributed by atoms with E-state index in [-0.39, 0.29) is 0 Å². The van der Waals surface area contributed by atoms with Crippen LogP contribution < -0.4 is 24.8 Å². The predicted octanol–water partition coefficient (Wildman–Crippen LogP) is 5.42. The highest BCUT2D eigenvalue weighted by molar-refractivity contribution is 5.51. The number of unbranched alkanes of at least 4 members (excludes halogenated alkanes) is 3. The number of aryl methyl sites for hydroxylation is 1. The van der Waals surface area contributed by atoms with Gasteiger partial charge in [0.1, 0.15) is 5.75 Å². The van der Waals surface area contributed by atoms with Gasteiger partial charge < -0.3 is 24.8 Å². The number of hydrogen-bond acceptors (Lipinski definition) is 6. The summed E-state index contributed by atoms with van der Waals surface area (Å²) in [6, 6.07) is 16.7. The van der Waals surface area contributed by atoms with Crippen LogP contribution >= 0.6 is 0 Å². The Balaban J connectivity index is 1.35. The average molecular weight is 520 g/mol. The fourth-order valence-electron chi connectivity index (χ4n) is 4.75. The summed E-state index contributed by atoms with van der Waals surface area (Å²) in [4.78, 5) is 4.07. The topological polar surface area (TPSA) is 64.6 Å². The molecule has 3 rings (SSSR count). The first kappa shape index (κ1) is 29.5. The standard InChI is InChI=1S/C32H45N3O3/c1-36-29-10-8-9-27(25-29)11-13-30-28(12-14-31(37-2)32(30)38-3)18-24-34-20-7-5-4-6-19-33-21-15-26-16-22-35-23-17-26/h8-10,12,14,16-17,22-23,25,33-34H,4-7,11,13,15,18-21,24H2,1-3H3. The first-order valence-corrected chi connectivity index (χ1v) is 13.9. The molecular weight excluding hydrogens is 474 g/mol. The van der Waals surface area contributed by atoms with Crippen LogP contribution in [0.5, 0.6) is 17.2 Å². The second-order valence-electron chi connectivity index (χ2n) is 9.56. The van der Waals surface area contributed by atoms with Gasteiger partial charge in [0, 0.05) is 18.0 Å². The Labute approximate surface area is 229 Å². The molecule has 0 atom stereocenters. The lowest BCUT2D eigenvalue weighted by Crippen LogP contribution is -2.20. The molecule has 2 N–H and O–H groups in total. The number of nitrogens with zero attached hydrogens (tertiary/aromatic N) is 1. The minimum atomic E-state index is 0.789. The Hall–Kier alpha value is -3.09. The zero-order valence-electron chi connectivity index (χ0n) is 23.4. The number of benzene rings is 2. The Morgan fingerprint density at radius 1 is 0.632 bits per heavy atom. The number of rotatable bonds is 19. The third kappa shape index (κ3) is 9.99. The molecule has 0 amide bonds. The van der Waals surface area contributed by atoms with Crippen molar-refractivity contribution in [2.75, 3.05) is 47.5 Å². The average Bonchev–Trinajstić information content (AvgIpc) is 2.97. The highest BCUT2D eigenvalue weighted by atomic mass is 16.5. The maximum absolute atomic E-state index is 5.79. The van der Waals surface area contributed by atoms with Crippen molar-refractivity contribution in [2.45, 2.75) is 51.4 Å². The van der Waals surface area contributed by atoms with E-state index in [1.807, 2.05) is 30.6 Å². The van der Waals surface area contributed by atoms with E-state index >= 15 is 0 Å². The molecule has 0 spiro atoms. The monoisotopic (exact) mass is 519 g/mol. The van der Waals surface area contributed by atoms with Crippen LogP contribution in [0, 0.1) is 0 Å². The molecule has 38 heavy (non-hydrogen) atoms. The molecule has 0 aliphatic heterocycles. The van der Waals surface area contributed by atoms with Crippen molar-refractivity contribution >= 4 is 0 Å². The molecular formula is C32H45N3O3. The van der Waals surface area contributed by atoms with Crippen molar-refractivity contribution in [3.05, 3.63) is 83.2 Å². The molecule has 1 aromatic heterocycles. The minimum absolute atomic E-state index is 0.789. The maximum atomic E-state index is 5.79. The van der Waals surface area contributed by atoms with Crippen LogP contribution in [0.1, 0.15) is 47.9 Å². The van der Waals surface area contributed by atoms with Gasteiger partial charge in [-0.05, 0) is 112 Å². The van der Waals surface area contributed by atoms with E-state index in [1.54, 1.807) is 21.3 Å². The lowest BCUT2D eigenvalue weighted by atomic mass is 9.96. The number of nitrogens with one attached hydrogen (secondary N) is 2. The lowest BCUT2D eigenvalue weighted by molar-refractivity contribution is 0.351. The van der Waals surface area contributed by atoms with Crippen molar-refractivity contribution in [1.82, 2.24) is 15.6 Å². The van der Waals surface area contributed by atoms with E-state index in [0.29, 0.717) is 0 Å². The number of pyridine rings is 1. The zero-order valence-corrected chi connectivity index (χ0v) is 23.4. The summed E-state index contributed by atoms with van der Waals surface area (Å²) in [6.07, 6.45) is 12.5. The fraction of sp³-hybridized carbons (Fsp3) is 0.469. The summed E-state index contributed by atoms with van der Waals surface area (Å²) < 4.78 is 16.8. The van der Waals surface area contributed by atoms with Crippen LogP contribution in [-0.4, -0.2) is 52.5 Å². The molecule has 206 valence electrons. The second-order valence-corrected chi connectivity index (χ2v) is 9.56. The van der Waals surface area contributed by atoms with Crippen LogP contribution in [0.15, 0.2) is 60.9 Å². The molecule has 0 bridgehead atoms. The number of hydrogen-bond donors (Lipinski definition) is 2. The molecule has 6 nitrogen and oxygen atoms in total. The molecule has 0 radical (unpaired) electrons. The summed E-state index contributed by atoms with van der Waals surface area (Å²) in [7, 11) is 5.13. The second kappa shape index (κ2) is 17.4. The SMILES string of the molecule is COc1cccc(CCc2c(CCNCCCCCCNCCc3ccncc3)ccc(OC)c2OC)c1. The third-order valence-corrected chi connectivity index (χ3v) is 6.91. The normalized spacial score (nSPS) is 10.9. The maximum Gasteiger partial charge on any atom is 0.164 e. The summed E-state index contributed by atoms with van der Waals surface area (Å²) in [6.45, 7) is 4.14. The van der Waals surface area contributed by atoms with E-state index in [0.717, 1.165) is 69.1 Å². The van der Waals surface area contributed by atoms with Gasteiger partial charge in [-0.2, -0.15) is 0 Å². The summed E-state index contributed by atoms with van der Waals surface area (Å²) in [5.41, 5.74) is 5.14. The van der Waals surface area contributed by atoms with Gasteiger partial charge in [0.05, 0.1) is 21.3 Å². The molecule has 0 saturated heterocycles. The lowest BCUT2D eigenvalue weighted by Gasteiger charge is -2.17. The van der Waals surface area contributed by atoms with Crippen molar-refractivity contribution in [1.29, 1.82) is 0 Å². The van der Waals surface area contributed by atoms with E-state index in [1.165, 1.54) is 47.9 Å². The summed E-state index contributed by atoms with van der Waals surface area (Å²) in [5.74, 6) is 2.53. The summed E-state index contributed by atoms with van der Waals surface area (Å²) in [5, 5.41) is 7.19. The molecule has 3 aromatic rings. The van der Waals surface area contributed by atoms with E-state index in [4.69, 9.17) is 14.2 Å². The molecule has 0 aliphatic carbocycles. The summed E-state index contributed by atoms with van der Waals surface area (Å²) >= 11 is 0. The number of methoxy groups -OCH3 is 3.